The number of carbonyl (C=O) groups is 1. The fourth-order valence-corrected chi connectivity index (χ4v) is 3.56. The van der Waals surface area contributed by atoms with Crippen LogP contribution in [0.15, 0.2) is 66.7 Å². The second kappa shape index (κ2) is 6.97. The van der Waals surface area contributed by atoms with E-state index in [4.69, 9.17) is 0 Å². The van der Waals surface area contributed by atoms with Gasteiger partial charge in [-0.25, -0.2) is 0 Å². The monoisotopic (exact) mass is 369 g/mol. The molecule has 3 aromatic carbocycles. The molecule has 0 bridgehead atoms. The summed E-state index contributed by atoms with van der Waals surface area (Å²) >= 11 is 0. The highest BCUT2D eigenvalue weighted by Crippen LogP contribution is 2.35. The lowest BCUT2D eigenvalue weighted by atomic mass is 9.95. The molecule has 28 heavy (non-hydrogen) atoms. The zero-order valence-corrected chi connectivity index (χ0v) is 14.8. The molecule has 0 atom stereocenters. The van der Waals surface area contributed by atoms with Gasteiger partial charge in [0.1, 0.15) is 0 Å². The van der Waals surface area contributed by atoms with Crippen LogP contribution in [0.1, 0.15) is 21.5 Å². The molecule has 0 saturated carbocycles. The quantitative estimate of drug-likeness (QED) is 0.508. The van der Waals surface area contributed by atoms with Gasteiger partial charge in [-0.05, 0) is 29.7 Å². The van der Waals surface area contributed by atoms with Crippen LogP contribution >= 0.6 is 0 Å². The van der Waals surface area contributed by atoms with Gasteiger partial charge in [0.25, 0.3) is 11.6 Å². The Kier molecular flexibility index (Phi) is 4.34. The molecule has 0 radical (unpaired) electrons. The maximum atomic E-state index is 13.4. The number of nitrogens with zero attached hydrogens (tertiary/aromatic N) is 3. The number of hydrogen-bond acceptors (Lipinski definition) is 4. The van der Waals surface area contributed by atoms with E-state index in [0.29, 0.717) is 40.9 Å². The fraction of sp³-hybridized carbons (Fsp3) is 0.0909. The molecule has 6 heteroatoms. The summed E-state index contributed by atoms with van der Waals surface area (Å²) in [5.41, 5.74) is 3.75. The van der Waals surface area contributed by atoms with E-state index in [9.17, 15) is 20.2 Å². The van der Waals surface area contributed by atoms with Gasteiger partial charge >= 0.3 is 0 Å². The zero-order valence-electron chi connectivity index (χ0n) is 14.8. The molecule has 1 aliphatic rings. The van der Waals surface area contributed by atoms with Crippen molar-refractivity contribution in [1.82, 2.24) is 0 Å². The molecular formula is C22H15N3O3. The summed E-state index contributed by atoms with van der Waals surface area (Å²) in [4.78, 5) is 25.6. The number of amides is 1. The van der Waals surface area contributed by atoms with Crippen molar-refractivity contribution in [3.05, 3.63) is 93.5 Å². The topological polar surface area (TPSA) is 87.2 Å². The Hall–Kier alpha value is -3.98. The molecule has 0 aromatic heterocycles. The summed E-state index contributed by atoms with van der Waals surface area (Å²) in [5, 5.41) is 20.6. The lowest BCUT2D eigenvalue weighted by Crippen LogP contribution is -2.29. The average molecular weight is 369 g/mol. The Morgan fingerprint density at radius 2 is 1.75 bits per heavy atom. The lowest BCUT2D eigenvalue weighted by molar-refractivity contribution is -0.384. The number of rotatable bonds is 3. The second-order valence-corrected chi connectivity index (χ2v) is 6.48. The predicted octanol–water partition coefficient (Wildman–Crippen LogP) is 4.34. The summed E-state index contributed by atoms with van der Waals surface area (Å²) in [6.45, 7) is 0.462. The molecule has 4 rings (SSSR count). The van der Waals surface area contributed by atoms with Crippen LogP contribution in [-0.2, 0) is 6.42 Å². The minimum Gasteiger partial charge on any atom is -0.307 e. The van der Waals surface area contributed by atoms with Crippen molar-refractivity contribution in [2.24, 2.45) is 0 Å². The third-order valence-corrected chi connectivity index (χ3v) is 4.92. The number of carbonyl (C=O) groups excluding carboxylic acids is 1. The van der Waals surface area contributed by atoms with Crippen molar-refractivity contribution in [3.8, 4) is 17.2 Å². The number of nitriles is 1. The molecule has 0 unspecified atom stereocenters. The molecule has 6 nitrogen and oxygen atoms in total. The Balaban J connectivity index is 1.79. The third kappa shape index (κ3) is 2.89. The fourth-order valence-electron chi connectivity index (χ4n) is 3.56. The van der Waals surface area contributed by atoms with Gasteiger partial charge in [-0.1, -0.05) is 42.5 Å². The summed E-state index contributed by atoms with van der Waals surface area (Å²) in [5.74, 6) is -0.234. The first-order valence-corrected chi connectivity index (χ1v) is 8.78. The van der Waals surface area contributed by atoms with Gasteiger partial charge in [0.2, 0.25) is 0 Å². The Morgan fingerprint density at radius 1 is 1.04 bits per heavy atom. The van der Waals surface area contributed by atoms with E-state index < -0.39 is 4.92 Å². The highest BCUT2D eigenvalue weighted by atomic mass is 16.6. The van der Waals surface area contributed by atoms with Crippen molar-refractivity contribution in [1.29, 1.82) is 5.26 Å². The predicted molar refractivity (Wildman–Crippen MR) is 105 cm³/mol. The number of anilines is 1. The first kappa shape index (κ1) is 17.4. The average Bonchev–Trinajstić information content (AvgIpc) is 3.16. The minimum absolute atomic E-state index is 0.0402. The molecule has 136 valence electrons. The molecule has 0 saturated heterocycles. The standard InChI is InChI=1S/C22H15N3O3/c23-14-16-5-1-2-6-18(16)19-7-3-4-8-20(19)22(26)24-12-11-15-9-10-17(25(27)28)13-21(15)24/h1-10,13H,11-12H2. The molecule has 0 N–H and O–H groups in total. The van der Waals surface area contributed by atoms with Crippen LogP contribution in [0.3, 0.4) is 0 Å². The Morgan fingerprint density at radius 3 is 2.50 bits per heavy atom. The molecule has 0 spiro atoms. The van der Waals surface area contributed by atoms with Gasteiger partial charge in [0.05, 0.1) is 22.2 Å². The summed E-state index contributed by atoms with van der Waals surface area (Å²) in [6, 6.07) is 21.0. The molecular weight excluding hydrogens is 354 g/mol. The van der Waals surface area contributed by atoms with Gasteiger partial charge in [0, 0.05) is 29.8 Å². The van der Waals surface area contributed by atoms with E-state index in [0.717, 1.165) is 5.56 Å². The molecule has 0 fully saturated rings. The van der Waals surface area contributed by atoms with Crippen LogP contribution in [0.25, 0.3) is 11.1 Å². The van der Waals surface area contributed by atoms with Crippen LogP contribution in [0.4, 0.5) is 11.4 Å². The van der Waals surface area contributed by atoms with Crippen LogP contribution in [0.5, 0.6) is 0 Å². The van der Waals surface area contributed by atoms with E-state index >= 15 is 0 Å². The van der Waals surface area contributed by atoms with Crippen molar-refractivity contribution in [2.75, 3.05) is 11.4 Å². The lowest BCUT2D eigenvalue weighted by Gasteiger charge is -2.19. The SMILES string of the molecule is N#Cc1ccccc1-c1ccccc1C(=O)N1CCc2ccc([N+](=O)[O-])cc21. The highest BCUT2D eigenvalue weighted by Gasteiger charge is 2.29. The van der Waals surface area contributed by atoms with Crippen molar-refractivity contribution >= 4 is 17.3 Å². The van der Waals surface area contributed by atoms with Gasteiger partial charge in [-0.15, -0.1) is 0 Å². The van der Waals surface area contributed by atoms with Gasteiger partial charge < -0.3 is 4.90 Å². The van der Waals surface area contributed by atoms with Crippen molar-refractivity contribution in [3.63, 3.8) is 0 Å². The molecule has 1 aliphatic heterocycles. The second-order valence-electron chi connectivity index (χ2n) is 6.48. The van der Waals surface area contributed by atoms with Crippen molar-refractivity contribution in [2.45, 2.75) is 6.42 Å². The summed E-state index contributed by atoms with van der Waals surface area (Å²) < 4.78 is 0. The molecule has 0 aliphatic carbocycles. The third-order valence-electron chi connectivity index (χ3n) is 4.92. The van der Waals surface area contributed by atoms with E-state index in [1.807, 2.05) is 24.3 Å². The highest BCUT2D eigenvalue weighted by molar-refractivity contribution is 6.11. The minimum atomic E-state index is -0.460. The number of nitro benzene ring substituents is 1. The Bertz CT molecular complexity index is 1150. The summed E-state index contributed by atoms with van der Waals surface area (Å²) in [7, 11) is 0. The van der Waals surface area contributed by atoms with Crippen LogP contribution in [-0.4, -0.2) is 17.4 Å². The maximum absolute atomic E-state index is 13.4. The summed E-state index contributed by atoms with van der Waals surface area (Å²) in [6.07, 6.45) is 0.649. The molecule has 3 aromatic rings. The smallest absolute Gasteiger partial charge is 0.271 e. The number of non-ortho nitro benzene ring substituents is 1. The van der Waals surface area contributed by atoms with Crippen LogP contribution in [0.2, 0.25) is 0 Å². The van der Waals surface area contributed by atoms with E-state index in [1.165, 1.54) is 12.1 Å². The first-order chi connectivity index (χ1) is 13.6. The normalized spacial score (nSPS) is 12.3. The van der Waals surface area contributed by atoms with Gasteiger partial charge in [-0.3, -0.25) is 14.9 Å². The number of nitro groups is 1. The van der Waals surface area contributed by atoms with Gasteiger partial charge in [-0.2, -0.15) is 5.26 Å². The number of hydrogen-bond donors (Lipinski definition) is 0. The number of fused-ring (bicyclic) bond motifs is 1. The molecule has 1 amide bonds. The zero-order chi connectivity index (χ0) is 19.7. The number of benzene rings is 3. The van der Waals surface area contributed by atoms with Crippen LogP contribution in [0, 0.1) is 21.4 Å². The van der Waals surface area contributed by atoms with Crippen molar-refractivity contribution < 1.29 is 9.72 Å². The van der Waals surface area contributed by atoms with E-state index in [1.54, 1.807) is 35.2 Å². The maximum Gasteiger partial charge on any atom is 0.271 e. The Labute approximate surface area is 161 Å². The van der Waals surface area contributed by atoms with Gasteiger partial charge in [0.15, 0.2) is 0 Å². The largest absolute Gasteiger partial charge is 0.307 e. The van der Waals surface area contributed by atoms with E-state index in [-0.39, 0.29) is 11.6 Å². The molecule has 1 heterocycles. The van der Waals surface area contributed by atoms with E-state index in [2.05, 4.69) is 6.07 Å². The van der Waals surface area contributed by atoms with Crippen LogP contribution < -0.4 is 4.90 Å². The first-order valence-electron chi connectivity index (χ1n) is 8.78.